The predicted octanol–water partition coefficient (Wildman–Crippen LogP) is 1.65. The van der Waals surface area contributed by atoms with Crippen molar-refractivity contribution in [3.05, 3.63) is 65.7 Å². The second-order valence-electron chi connectivity index (χ2n) is 4.98. The summed E-state index contributed by atoms with van der Waals surface area (Å²) in [5, 5.41) is 21.6. The highest BCUT2D eigenvalue weighted by atomic mass is 16.3. The number of carbonyl (C=O) groups excluding carboxylic acids is 1. The summed E-state index contributed by atoms with van der Waals surface area (Å²) >= 11 is 0. The Hall–Kier alpha value is -2.33. The number of aliphatic hydroxyl groups excluding tert-OH is 1. The lowest BCUT2D eigenvalue weighted by Gasteiger charge is -2.16. The molecule has 3 N–H and O–H groups in total. The first-order chi connectivity index (χ1) is 10.2. The van der Waals surface area contributed by atoms with Gasteiger partial charge in [0.15, 0.2) is 0 Å². The van der Waals surface area contributed by atoms with Gasteiger partial charge in [0.2, 0.25) is 5.91 Å². The van der Waals surface area contributed by atoms with Crippen molar-refractivity contribution in [3.8, 4) is 5.75 Å². The van der Waals surface area contributed by atoms with E-state index >= 15 is 0 Å². The molecule has 110 valence electrons. The number of rotatable bonds is 6. The van der Waals surface area contributed by atoms with E-state index in [1.54, 1.807) is 24.3 Å². The van der Waals surface area contributed by atoms with Gasteiger partial charge in [-0.3, -0.25) is 4.79 Å². The minimum absolute atomic E-state index is 0.110. The first kappa shape index (κ1) is 15.1. The van der Waals surface area contributed by atoms with E-state index in [1.165, 1.54) is 0 Å². The number of aliphatic hydroxyl groups is 1. The van der Waals surface area contributed by atoms with Crippen molar-refractivity contribution in [1.82, 2.24) is 5.32 Å². The maximum atomic E-state index is 12.0. The average molecular weight is 285 g/mol. The van der Waals surface area contributed by atoms with Gasteiger partial charge in [0, 0.05) is 0 Å². The van der Waals surface area contributed by atoms with Gasteiger partial charge in [-0.2, -0.15) is 0 Å². The lowest BCUT2D eigenvalue weighted by molar-refractivity contribution is -0.121. The van der Waals surface area contributed by atoms with Crippen molar-refractivity contribution < 1.29 is 15.0 Å². The van der Waals surface area contributed by atoms with E-state index in [9.17, 15) is 15.0 Å². The van der Waals surface area contributed by atoms with Crippen LogP contribution in [0.2, 0.25) is 0 Å². The molecule has 1 amide bonds. The molecule has 4 nitrogen and oxygen atoms in total. The Bertz CT molecular complexity index is 584. The highest BCUT2D eigenvalue weighted by Gasteiger charge is 2.12. The number of phenolic OH excluding ortho intramolecular Hbond substituents is 1. The van der Waals surface area contributed by atoms with Crippen LogP contribution in [0.3, 0.4) is 0 Å². The second-order valence-corrected chi connectivity index (χ2v) is 4.98. The standard InChI is InChI=1S/C17H19NO3/c19-12-15(9-13-5-2-1-3-6-13)18-17(21)11-14-7-4-8-16(20)10-14/h1-8,10,15,19-20H,9,11-12H2,(H,18,21)/t15-/m1/s1. The Morgan fingerprint density at radius 2 is 1.76 bits per heavy atom. The van der Waals surface area contributed by atoms with Gasteiger partial charge in [0.1, 0.15) is 5.75 Å². The van der Waals surface area contributed by atoms with Crippen LogP contribution in [0.15, 0.2) is 54.6 Å². The van der Waals surface area contributed by atoms with Gasteiger partial charge < -0.3 is 15.5 Å². The summed E-state index contributed by atoms with van der Waals surface area (Å²) in [6.45, 7) is -0.110. The van der Waals surface area contributed by atoms with Gasteiger partial charge in [-0.15, -0.1) is 0 Å². The summed E-state index contributed by atoms with van der Waals surface area (Å²) in [6, 6.07) is 16.0. The molecule has 0 fully saturated rings. The van der Waals surface area contributed by atoms with Crippen LogP contribution in [-0.2, 0) is 17.6 Å². The Labute approximate surface area is 124 Å². The summed E-state index contributed by atoms with van der Waals surface area (Å²) in [4.78, 5) is 12.0. The van der Waals surface area contributed by atoms with Crippen LogP contribution in [0.4, 0.5) is 0 Å². The van der Waals surface area contributed by atoms with Gasteiger partial charge >= 0.3 is 0 Å². The molecule has 1 atom stereocenters. The molecule has 0 aliphatic heterocycles. The van der Waals surface area contributed by atoms with Crippen LogP contribution in [0, 0.1) is 0 Å². The molecule has 0 unspecified atom stereocenters. The third kappa shape index (κ3) is 4.93. The summed E-state index contributed by atoms with van der Waals surface area (Å²) in [7, 11) is 0. The molecule has 0 aliphatic rings. The number of carbonyl (C=O) groups is 1. The van der Waals surface area contributed by atoms with Crippen LogP contribution in [0.5, 0.6) is 5.75 Å². The van der Waals surface area contributed by atoms with Crippen molar-refractivity contribution in [3.63, 3.8) is 0 Å². The SMILES string of the molecule is O=C(Cc1cccc(O)c1)N[C@@H](CO)Cc1ccccc1. The molecule has 21 heavy (non-hydrogen) atoms. The number of hydrogen-bond donors (Lipinski definition) is 3. The number of nitrogens with one attached hydrogen (secondary N) is 1. The van der Waals surface area contributed by atoms with Crippen LogP contribution in [0.1, 0.15) is 11.1 Å². The monoisotopic (exact) mass is 285 g/mol. The quantitative estimate of drug-likeness (QED) is 0.756. The zero-order chi connectivity index (χ0) is 15.1. The fourth-order valence-electron chi connectivity index (χ4n) is 2.19. The van der Waals surface area contributed by atoms with E-state index in [4.69, 9.17) is 0 Å². The Morgan fingerprint density at radius 3 is 2.43 bits per heavy atom. The van der Waals surface area contributed by atoms with Crippen molar-refractivity contribution in [2.24, 2.45) is 0 Å². The van der Waals surface area contributed by atoms with Crippen molar-refractivity contribution in [2.75, 3.05) is 6.61 Å². The van der Waals surface area contributed by atoms with Crippen molar-refractivity contribution >= 4 is 5.91 Å². The van der Waals surface area contributed by atoms with Crippen LogP contribution < -0.4 is 5.32 Å². The maximum absolute atomic E-state index is 12.0. The molecule has 0 saturated carbocycles. The normalized spacial score (nSPS) is 11.9. The van der Waals surface area contributed by atoms with Gasteiger partial charge in [0.05, 0.1) is 19.1 Å². The molecule has 0 saturated heterocycles. The zero-order valence-corrected chi connectivity index (χ0v) is 11.7. The molecule has 0 aliphatic carbocycles. The minimum atomic E-state index is -0.308. The highest BCUT2D eigenvalue weighted by Crippen LogP contribution is 2.11. The largest absolute Gasteiger partial charge is 0.508 e. The molecule has 0 bridgehead atoms. The number of amides is 1. The van der Waals surface area contributed by atoms with E-state index in [1.807, 2.05) is 30.3 Å². The molecule has 0 heterocycles. The molecular formula is C17H19NO3. The number of hydrogen-bond acceptors (Lipinski definition) is 3. The maximum Gasteiger partial charge on any atom is 0.224 e. The van der Waals surface area contributed by atoms with E-state index < -0.39 is 0 Å². The zero-order valence-electron chi connectivity index (χ0n) is 11.7. The van der Waals surface area contributed by atoms with Crippen molar-refractivity contribution in [1.29, 1.82) is 0 Å². The van der Waals surface area contributed by atoms with Crippen LogP contribution in [0.25, 0.3) is 0 Å². The smallest absolute Gasteiger partial charge is 0.224 e. The van der Waals surface area contributed by atoms with E-state index in [0.717, 1.165) is 11.1 Å². The molecule has 2 rings (SSSR count). The fraction of sp³-hybridized carbons (Fsp3) is 0.235. The molecule has 2 aromatic carbocycles. The summed E-state index contributed by atoms with van der Waals surface area (Å²) in [5.74, 6) is -0.0288. The first-order valence-corrected chi connectivity index (χ1v) is 6.89. The molecule has 0 aromatic heterocycles. The number of aromatic hydroxyl groups is 1. The van der Waals surface area contributed by atoms with E-state index in [2.05, 4.69) is 5.32 Å². The minimum Gasteiger partial charge on any atom is -0.508 e. The number of phenols is 1. The Morgan fingerprint density at radius 1 is 1.05 bits per heavy atom. The van der Waals surface area contributed by atoms with Crippen molar-refractivity contribution in [2.45, 2.75) is 18.9 Å². The highest BCUT2D eigenvalue weighted by molar-refractivity contribution is 5.79. The van der Waals surface area contributed by atoms with Crippen LogP contribution >= 0.6 is 0 Å². The average Bonchev–Trinajstić information content (AvgIpc) is 2.47. The van der Waals surface area contributed by atoms with Gasteiger partial charge in [-0.1, -0.05) is 42.5 Å². The van der Waals surface area contributed by atoms with E-state index in [-0.39, 0.29) is 30.7 Å². The molecule has 2 aromatic rings. The topological polar surface area (TPSA) is 69.6 Å². The predicted molar refractivity (Wildman–Crippen MR) is 81.0 cm³/mol. The summed E-state index contributed by atoms with van der Waals surface area (Å²) in [6.07, 6.45) is 0.767. The van der Waals surface area contributed by atoms with Gasteiger partial charge in [-0.05, 0) is 29.7 Å². The Kier molecular flexibility index (Phi) is 5.35. The van der Waals surface area contributed by atoms with Crippen LogP contribution in [-0.4, -0.2) is 28.8 Å². The molecule has 0 radical (unpaired) electrons. The third-order valence-corrected chi connectivity index (χ3v) is 3.19. The molecular weight excluding hydrogens is 266 g/mol. The van der Waals surface area contributed by atoms with Gasteiger partial charge in [-0.25, -0.2) is 0 Å². The summed E-state index contributed by atoms with van der Waals surface area (Å²) in [5.41, 5.74) is 1.80. The third-order valence-electron chi connectivity index (χ3n) is 3.19. The second kappa shape index (κ2) is 7.45. The molecule has 4 heteroatoms. The number of benzene rings is 2. The van der Waals surface area contributed by atoms with E-state index in [0.29, 0.717) is 6.42 Å². The Balaban J connectivity index is 1.90. The summed E-state index contributed by atoms with van der Waals surface area (Å²) < 4.78 is 0. The fourth-order valence-corrected chi connectivity index (χ4v) is 2.19. The van der Waals surface area contributed by atoms with Gasteiger partial charge in [0.25, 0.3) is 0 Å². The first-order valence-electron chi connectivity index (χ1n) is 6.89. The lowest BCUT2D eigenvalue weighted by atomic mass is 10.1. The molecule has 0 spiro atoms. The lowest BCUT2D eigenvalue weighted by Crippen LogP contribution is -2.39.